The summed E-state index contributed by atoms with van der Waals surface area (Å²) in [4.78, 5) is 2.84. The molecule has 20 heavy (non-hydrogen) atoms. The second-order valence-corrected chi connectivity index (χ2v) is 9.54. The Hall–Kier alpha value is 0.330. The SMILES string of the molecule is C1=CC(C2=C(C3CCCS3)N(C3CCSC3)CC2)CS1. The second kappa shape index (κ2) is 6.21. The van der Waals surface area contributed by atoms with Gasteiger partial charge in [0.1, 0.15) is 0 Å². The van der Waals surface area contributed by atoms with Crippen molar-refractivity contribution in [2.24, 2.45) is 5.92 Å². The van der Waals surface area contributed by atoms with Crippen LogP contribution in [0, 0.1) is 5.92 Å². The highest BCUT2D eigenvalue weighted by atomic mass is 32.2. The van der Waals surface area contributed by atoms with E-state index in [0.717, 1.165) is 17.2 Å². The van der Waals surface area contributed by atoms with Crippen LogP contribution in [0.15, 0.2) is 22.8 Å². The average Bonchev–Trinajstić information content (AvgIpc) is 3.23. The quantitative estimate of drug-likeness (QED) is 0.764. The molecule has 0 aromatic heterocycles. The Kier molecular flexibility index (Phi) is 4.34. The van der Waals surface area contributed by atoms with Crippen molar-refractivity contribution < 1.29 is 0 Å². The van der Waals surface area contributed by atoms with E-state index in [4.69, 9.17) is 0 Å². The van der Waals surface area contributed by atoms with Crippen LogP contribution >= 0.6 is 35.3 Å². The van der Waals surface area contributed by atoms with E-state index in [2.05, 4.69) is 39.9 Å². The molecule has 4 aliphatic heterocycles. The molecule has 0 saturated carbocycles. The molecule has 0 aliphatic carbocycles. The molecule has 4 rings (SSSR count). The number of thioether (sulfide) groups is 3. The summed E-state index contributed by atoms with van der Waals surface area (Å²) in [5, 5.41) is 3.14. The molecule has 0 spiro atoms. The summed E-state index contributed by atoms with van der Waals surface area (Å²) in [5.41, 5.74) is 3.60. The minimum Gasteiger partial charge on any atom is -0.370 e. The lowest BCUT2D eigenvalue weighted by atomic mass is 9.96. The molecule has 3 atom stereocenters. The van der Waals surface area contributed by atoms with Crippen LogP contribution in [0.25, 0.3) is 0 Å². The molecular formula is C16H23NS3. The molecule has 0 amide bonds. The van der Waals surface area contributed by atoms with E-state index >= 15 is 0 Å². The third kappa shape index (κ3) is 2.56. The van der Waals surface area contributed by atoms with E-state index < -0.39 is 0 Å². The fourth-order valence-corrected chi connectivity index (χ4v) is 7.51. The van der Waals surface area contributed by atoms with Gasteiger partial charge in [-0.05, 0) is 48.2 Å². The average molecular weight is 326 g/mol. The van der Waals surface area contributed by atoms with Gasteiger partial charge in [0.05, 0.1) is 0 Å². The van der Waals surface area contributed by atoms with Crippen LogP contribution in [0.5, 0.6) is 0 Å². The van der Waals surface area contributed by atoms with Crippen LogP contribution in [-0.4, -0.2) is 45.7 Å². The first-order chi connectivity index (χ1) is 9.93. The van der Waals surface area contributed by atoms with E-state index in [1.807, 2.05) is 17.3 Å². The molecular weight excluding hydrogens is 302 g/mol. The highest BCUT2D eigenvalue weighted by Crippen LogP contribution is 2.45. The summed E-state index contributed by atoms with van der Waals surface area (Å²) >= 11 is 6.39. The fraction of sp³-hybridized carbons (Fsp3) is 0.750. The Morgan fingerprint density at radius 2 is 2.15 bits per heavy atom. The number of rotatable bonds is 3. The molecule has 2 saturated heterocycles. The van der Waals surface area contributed by atoms with Crippen molar-refractivity contribution in [1.82, 2.24) is 4.90 Å². The maximum atomic E-state index is 2.84. The first kappa shape index (κ1) is 14.0. The van der Waals surface area contributed by atoms with Gasteiger partial charge >= 0.3 is 0 Å². The van der Waals surface area contributed by atoms with Crippen molar-refractivity contribution in [1.29, 1.82) is 0 Å². The predicted octanol–water partition coefficient (Wildman–Crippen LogP) is 4.22. The van der Waals surface area contributed by atoms with Crippen LogP contribution < -0.4 is 0 Å². The number of hydrogen-bond acceptors (Lipinski definition) is 4. The third-order valence-electron chi connectivity index (χ3n) is 4.97. The van der Waals surface area contributed by atoms with E-state index in [9.17, 15) is 0 Å². The van der Waals surface area contributed by atoms with Gasteiger partial charge in [-0.25, -0.2) is 0 Å². The van der Waals surface area contributed by atoms with Gasteiger partial charge in [-0.1, -0.05) is 6.08 Å². The zero-order valence-electron chi connectivity index (χ0n) is 11.9. The van der Waals surface area contributed by atoms with Crippen LogP contribution in [-0.2, 0) is 0 Å². The third-order valence-corrected chi connectivity index (χ3v) is 8.40. The molecule has 0 radical (unpaired) electrons. The van der Waals surface area contributed by atoms with Crippen molar-refractivity contribution in [3.8, 4) is 0 Å². The van der Waals surface area contributed by atoms with E-state index in [0.29, 0.717) is 0 Å². The van der Waals surface area contributed by atoms with E-state index in [1.165, 1.54) is 55.2 Å². The molecule has 0 aromatic rings. The lowest BCUT2D eigenvalue weighted by molar-refractivity contribution is 0.289. The minimum atomic E-state index is 0.746. The summed E-state index contributed by atoms with van der Waals surface area (Å²) < 4.78 is 0. The molecule has 1 nitrogen and oxygen atoms in total. The lowest BCUT2D eigenvalue weighted by Gasteiger charge is -2.32. The minimum absolute atomic E-state index is 0.746. The monoisotopic (exact) mass is 325 g/mol. The smallest absolute Gasteiger partial charge is 0.0447 e. The first-order valence-corrected chi connectivity index (χ1v) is 11.2. The predicted molar refractivity (Wildman–Crippen MR) is 94.6 cm³/mol. The fourth-order valence-electron chi connectivity index (χ4n) is 3.96. The van der Waals surface area contributed by atoms with Crippen LogP contribution in [0.4, 0.5) is 0 Å². The van der Waals surface area contributed by atoms with Crippen LogP contribution in [0.2, 0.25) is 0 Å². The topological polar surface area (TPSA) is 3.24 Å². The Bertz CT molecular complexity index is 419. The van der Waals surface area contributed by atoms with E-state index in [1.54, 1.807) is 5.70 Å². The number of allylic oxidation sites excluding steroid dienone is 1. The molecule has 0 N–H and O–H groups in total. The molecule has 0 bridgehead atoms. The van der Waals surface area contributed by atoms with Gasteiger partial charge in [0.25, 0.3) is 0 Å². The molecule has 2 fully saturated rings. The van der Waals surface area contributed by atoms with Gasteiger partial charge in [0.2, 0.25) is 0 Å². The summed E-state index contributed by atoms with van der Waals surface area (Å²) in [6.45, 7) is 1.31. The molecule has 3 unspecified atom stereocenters. The maximum Gasteiger partial charge on any atom is 0.0447 e. The van der Waals surface area contributed by atoms with Gasteiger partial charge in [-0.2, -0.15) is 23.5 Å². The van der Waals surface area contributed by atoms with Crippen molar-refractivity contribution in [2.75, 3.05) is 29.6 Å². The van der Waals surface area contributed by atoms with Gasteiger partial charge in [-0.15, -0.1) is 11.8 Å². The number of nitrogens with zero attached hydrogens (tertiary/aromatic N) is 1. The molecule has 4 aliphatic rings. The largest absolute Gasteiger partial charge is 0.370 e. The molecule has 4 heteroatoms. The Balaban J connectivity index is 1.64. The van der Waals surface area contributed by atoms with Gasteiger partial charge in [-0.3, -0.25) is 0 Å². The standard InChI is InChI=1S/C16H23NS3/c1-2-15(20-7-1)16-14(12-4-8-18-10-12)3-6-17(16)13-5-9-19-11-13/h4,8,12-13,15H,1-3,5-7,9-11H2. The van der Waals surface area contributed by atoms with Gasteiger partial charge in [0.15, 0.2) is 0 Å². The zero-order valence-corrected chi connectivity index (χ0v) is 14.4. The molecule has 110 valence electrons. The lowest BCUT2D eigenvalue weighted by Crippen LogP contribution is -2.35. The second-order valence-electron chi connectivity index (χ2n) is 6.14. The van der Waals surface area contributed by atoms with E-state index in [-0.39, 0.29) is 0 Å². The summed E-state index contributed by atoms with van der Waals surface area (Å²) in [5.74, 6) is 6.16. The van der Waals surface area contributed by atoms with Crippen LogP contribution in [0.1, 0.15) is 25.7 Å². The van der Waals surface area contributed by atoms with Crippen molar-refractivity contribution in [3.05, 3.63) is 22.8 Å². The maximum absolute atomic E-state index is 2.84. The summed E-state index contributed by atoms with van der Waals surface area (Å²) in [7, 11) is 0. The summed E-state index contributed by atoms with van der Waals surface area (Å²) in [6.07, 6.45) is 8.06. The molecule has 4 heterocycles. The Morgan fingerprint density at radius 3 is 2.85 bits per heavy atom. The van der Waals surface area contributed by atoms with Gasteiger partial charge in [0, 0.05) is 41.0 Å². The Labute approximate surface area is 135 Å². The Morgan fingerprint density at radius 1 is 1.15 bits per heavy atom. The number of hydrogen-bond donors (Lipinski definition) is 0. The highest BCUT2D eigenvalue weighted by Gasteiger charge is 2.37. The van der Waals surface area contributed by atoms with Crippen LogP contribution in [0.3, 0.4) is 0 Å². The van der Waals surface area contributed by atoms with Crippen molar-refractivity contribution in [3.63, 3.8) is 0 Å². The van der Waals surface area contributed by atoms with Gasteiger partial charge < -0.3 is 4.90 Å². The van der Waals surface area contributed by atoms with Crippen molar-refractivity contribution in [2.45, 2.75) is 37.0 Å². The summed E-state index contributed by atoms with van der Waals surface area (Å²) in [6, 6.07) is 0.840. The van der Waals surface area contributed by atoms with Crippen molar-refractivity contribution >= 4 is 35.3 Å². The first-order valence-electron chi connectivity index (χ1n) is 7.90. The normalized spacial score (nSPS) is 37.6. The zero-order chi connectivity index (χ0) is 13.4. The molecule has 0 aromatic carbocycles. The highest BCUT2D eigenvalue weighted by molar-refractivity contribution is 8.02.